The molecule has 5 nitrogen and oxygen atoms in total. The summed E-state index contributed by atoms with van der Waals surface area (Å²) in [6, 6.07) is 14.8. The van der Waals surface area contributed by atoms with Gasteiger partial charge in [-0.2, -0.15) is 4.31 Å². The van der Waals surface area contributed by atoms with Gasteiger partial charge in [0.15, 0.2) is 0 Å². The van der Waals surface area contributed by atoms with Gasteiger partial charge in [0.05, 0.1) is 17.0 Å². The van der Waals surface area contributed by atoms with Crippen molar-refractivity contribution in [3.8, 4) is 5.75 Å². The van der Waals surface area contributed by atoms with E-state index in [0.717, 1.165) is 6.54 Å². The Hall–Kier alpha value is -1.60. The number of ether oxygens (including phenoxy) is 1. The van der Waals surface area contributed by atoms with Gasteiger partial charge in [-0.05, 0) is 23.8 Å². The van der Waals surface area contributed by atoms with Gasteiger partial charge in [0.25, 0.3) is 0 Å². The third-order valence-electron chi connectivity index (χ3n) is 4.34. The Morgan fingerprint density at radius 2 is 1.72 bits per heavy atom. The fourth-order valence-corrected chi connectivity index (χ4v) is 4.70. The molecule has 0 unspecified atom stereocenters. The van der Waals surface area contributed by atoms with Crippen molar-refractivity contribution in [2.45, 2.75) is 11.4 Å². The Balaban J connectivity index is 1.66. The van der Waals surface area contributed by atoms with Gasteiger partial charge in [-0.3, -0.25) is 4.90 Å². The molecule has 3 rings (SSSR count). The van der Waals surface area contributed by atoms with E-state index in [1.807, 2.05) is 18.2 Å². The molecule has 0 bridgehead atoms. The van der Waals surface area contributed by atoms with Crippen LogP contribution in [0.5, 0.6) is 5.75 Å². The van der Waals surface area contributed by atoms with Crippen LogP contribution in [0.4, 0.5) is 0 Å². The van der Waals surface area contributed by atoms with E-state index in [1.54, 1.807) is 6.07 Å². The molecule has 1 fully saturated rings. The van der Waals surface area contributed by atoms with E-state index in [4.69, 9.17) is 16.3 Å². The minimum absolute atomic E-state index is 0.204. The standard InChI is InChI=1S/C18H21ClN2O3S/c1-24-18-8-7-16(13-17(18)19)25(22,23)21-11-9-20(10-12-21)14-15-5-3-2-4-6-15/h2-8,13H,9-12,14H2,1H3. The van der Waals surface area contributed by atoms with Crippen molar-refractivity contribution >= 4 is 21.6 Å². The van der Waals surface area contributed by atoms with Gasteiger partial charge in [-0.25, -0.2) is 8.42 Å². The lowest BCUT2D eigenvalue weighted by atomic mass is 10.2. The maximum Gasteiger partial charge on any atom is 0.243 e. The van der Waals surface area contributed by atoms with E-state index in [0.29, 0.717) is 37.0 Å². The molecule has 0 aromatic heterocycles. The monoisotopic (exact) mass is 380 g/mol. The molecule has 0 spiro atoms. The second-order valence-corrected chi connectivity index (χ2v) is 8.31. The number of sulfonamides is 1. The van der Waals surface area contributed by atoms with Gasteiger partial charge in [0, 0.05) is 32.7 Å². The molecule has 1 aliphatic heterocycles. The van der Waals surface area contributed by atoms with Crippen molar-refractivity contribution < 1.29 is 13.2 Å². The third-order valence-corrected chi connectivity index (χ3v) is 6.53. The second-order valence-electron chi connectivity index (χ2n) is 5.96. The molecule has 2 aromatic rings. The highest BCUT2D eigenvalue weighted by Gasteiger charge is 2.29. The smallest absolute Gasteiger partial charge is 0.243 e. The van der Waals surface area contributed by atoms with Crippen LogP contribution in [0, 0.1) is 0 Å². The first-order valence-electron chi connectivity index (χ1n) is 8.10. The van der Waals surface area contributed by atoms with Gasteiger partial charge in [-0.1, -0.05) is 41.9 Å². The van der Waals surface area contributed by atoms with Crippen molar-refractivity contribution in [1.29, 1.82) is 0 Å². The van der Waals surface area contributed by atoms with Gasteiger partial charge < -0.3 is 4.74 Å². The number of rotatable bonds is 5. The van der Waals surface area contributed by atoms with Crippen LogP contribution in [0.2, 0.25) is 5.02 Å². The molecular weight excluding hydrogens is 360 g/mol. The highest BCUT2D eigenvalue weighted by molar-refractivity contribution is 7.89. The summed E-state index contributed by atoms with van der Waals surface area (Å²) in [5.41, 5.74) is 1.24. The largest absolute Gasteiger partial charge is 0.495 e. The van der Waals surface area contributed by atoms with Crippen LogP contribution in [0.1, 0.15) is 5.56 Å². The van der Waals surface area contributed by atoms with E-state index in [2.05, 4.69) is 17.0 Å². The molecule has 25 heavy (non-hydrogen) atoms. The van der Waals surface area contributed by atoms with Crippen molar-refractivity contribution in [3.63, 3.8) is 0 Å². The minimum Gasteiger partial charge on any atom is -0.495 e. The van der Waals surface area contributed by atoms with E-state index in [9.17, 15) is 8.42 Å². The average molecular weight is 381 g/mol. The second kappa shape index (κ2) is 7.74. The van der Waals surface area contributed by atoms with Crippen LogP contribution in [-0.2, 0) is 16.6 Å². The van der Waals surface area contributed by atoms with Crippen LogP contribution in [-0.4, -0.2) is 50.9 Å². The Kier molecular flexibility index (Phi) is 5.64. The number of halogens is 1. The normalized spacial score (nSPS) is 16.7. The lowest BCUT2D eigenvalue weighted by Crippen LogP contribution is -2.48. The number of piperazine rings is 1. The molecule has 0 amide bonds. The summed E-state index contributed by atoms with van der Waals surface area (Å²) in [5.74, 6) is 0.466. The summed E-state index contributed by atoms with van der Waals surface area (Å²) in [4.78, 5) is 2.47. The van der Waals surface area contributed by atoms with Crippen LogP contribution < -0.4 is 4.74 Å². The molecule has 0 aliphatic carbocycles. The first kappa shape index (κ1) is 18.2. The predicted octanol–water partition coefficient (Wildman–Crippen LogP) is 2.86. The van der Waals surface area contributed by atoms with Crippen LogP contribution in [0.3, 0.4) is 0 Å². The third kappa shape index (κ3) is 4.15. The summed E-state index contributed by atoms with van der Waals surface area (Å²) in [5, 5.41) is 0.297. The Morgan fingerprint density at radius 3 is 2.32 bits per heavy atom. The van der Waals surface area contributed by atoms with Gasteiger partial charge in [-0.15, -0.1) is 0 Å². The van der Waals surface area contributed by atoms with Crippen LogP contribution in [0.15, 0.2) is 53.4 Å². The lowest BCUT2D eigenvalue weighted by molar-refractivity contribution is 0.181. The number of benzene rings is 2. The van der Waals surface area contributed by atoms with E-state index >= 15 is 0 Å². The number of nitrogens with zero attached hydrogens (tertiary/aromatic N) is 2. The first-order chi connectivity index (χ1) is 12.0. The zero-order chi connectivity index (χ0) is 17.9. The Morgan fingerprint density at radius 1 is 1.04 bits per heavy atom. The molecule has 1 aliphatic rings. The van der Waals surface area contributed by atoms with Crippen molar-refractivity contribution in [3.05, 3.63) is 59.1 Å². The zero-order valence-electron chi connectivity index (χ0n) is 14.1. The molecule has 2 aromatic carbocycles. The summed E-state index contributed by atoms with van der Waals surface area (Å²) in [6.07, 6.45) is 0. The lowest BCUT2D eigenvalue weighted by Gasteiger charge is -2.34. The quantitative estimate of drug-likeness (QED) is 0.800. The molecule has 0 atom stereocenters. The van der Waals surface area contributed by atoms with Gasteiger partial charge in [0.1, 0.15) is 5.75 Å². The molecule has 7 heteroatoms. The summed E-state index contributed by atoms with van der Waals surface area (Å²) in [6.45, 7) is 3.19. The fraction of sp³-hybridized carbons (Fsp3) is 0.333. The van der Waals surface area contributed by atoms with Crippen LogP contribution >= 0.6 is 11.6 Å². The number of hydrogen-bond acceptors (Lipinski definition) is 4. The molecule has 1 saturated heterocycles. The molecule has 134 valence electrons. The number of methoxy groups -OCH3 is 1. The SMILES string of the molecule is COc1ccc(S(=O)(=O)N2CCN(Cc3ccccc3)CC2)cc1Cl. The Bertz CT molecular complexity index is 819. The van der Waals surface area contributed by atoms with Crippen molar-refractivity contribution in [1.82, 2.24) is 9.21 Å². The minimum atomic E-state index is -3.54. The Labute approximate surface area is 153 Å². The van der Waals surface area contributed by atoms with E-state index in [1.165, 1.54) is 29.1 Å². The van der Waals surface area contributed by atoms with Crippen molar-refractivity contribution in [2.75, 3.05) is 33.3 Å². The molecule has 0 radical (unpaired) electrons. The maximum absolute atomic E-state index is 12.8. The topological polar surface area (TPSA) is 49.9 Å². The van der Waals surface area contributed by atoms with Gasteiger partial charge >= 0.3 is 0 Å². The van der Waals surface area contributed by atoms with E-state index < -0.39 is 10.0 Å². The average Bonchev–Trinajstić information content (AvgIpc) is 2.63. The van der Waals surface area contributed by atoms with Crippen LogP contribution in [0.25, 0.3) is 0 Å². The highest BCUT2D eigenvalue weighted by atomic mass is 35.5. The summed E-state index contributed by atoms with van der Waals surface area (Å²) in [7, 11) is -2.04. The van der Waals surface area contributed by atoms with E-state index in [-0.39, 0.29) is 4.90 Å². The summed E-state index contributed by atoms with van der Waals surface area (Å²) < 4.78 is 32.2. The predicted molar refractivity (Wildman–Crippen MR) is 98.5 cm³/mol. The molecule has 0 N–H and O–H groups in total. The highest BCUT2D eigenvalue weighted by Crippen LogP contribution is 2.28. The zero-order valence-corrected chi connectivity index (χ0v) is 15.6. The summed E-state index contributed by atoms with van der Waals surface area (Å²) >= 11 is 6.07. The first-order valence-corrected chi connectivity index (χ1v) is 9.92. The molecule has 1 heterocycles. The molecule has 0 saturated carbocycles. The van der Waals surface area contributed by atoms with Gasteiger partial charge in [0.2, 0.25) is 10.0 Å². The maximum atomic E-state index is 12.8. The number of hydrogen-bond donors (Lipinski definition) is 0. The molecular formula is C18H21ClN2O3S. The fourth-order valence-electron chi connectivity index (χ4n) is 2.93. The van der Waals surface area contributed by atoms with Crippen molar-refractivity contribution in [2.24, 2.45) is 0 Å².